The Morgan fingerprint density at radius 3 is 2.33 bits per heavy atom. The molecular weight excluding hydrogens is 288 g/mol. The SMILES string of the molecule is C1=c2ccc3ccc4c(c3c2-c2ccccc21)=c1ccccc1=C4. The Kier molecular flexibility index (Phi) is 2.18. The third kappa shape index (κ3) is 1.43. The first-order valence-electron chi connectivity index (χ1n) is 8.38. The second-order valence-corrected chi connectivity index (χ2v) is 6.62. The van der Waals surface area contributed by atoms with E-state index in [2.05, 4.69) is 84.9 Å². The molecular formula is C24H14. The first-order valence-corrected chi connectivity index (χ1v) is 8.38. The number of hydrogen-bond donors (Lipinski definition) is 0. The molecule has 0 fully saturated rings. The molecule has 0 heteroatoms. The summed E-state index contributed by atoms with van der Waals surface area (Å²) in [5.41, 5.74) is 5.41. The average Bonchev–Trinajstić information content (AvgIpc) is 3.19. The minimum atomic E-state index is 1.32. The molecule has 2 aliphatic rings. The minimum Gasteiger partial charge on any atom is -0.0616 e. The standard InChI is InChI=1S/C24H14/c1-3-7-20-16(5-1)13-18-11-9-15-10-12-19-14-17-6-2-4-8-21(17)23(19)24(15)22(18)20/h1-14H. The molecule has 0 spiro atoms. The van der Waals surface area contributed by atoms with E-state index in [9.17, 15) is 0 Å². The summed E-state index contributed by atoms with van der Waals surface area (Å²) in [7, 11) is 0. The zero-order chi connectivity index (χ0) is 15.7. The van der Waals surface area contributed by atoms with Crippen molar-refractivity contribution >= 4 is 22.9 Å². The summed E-state index contributed by atoms with van der Waals surface area (Å²) in [4.78, 5) is 0. The van der Waals surface area contributed by atoms with Crippen LogP contribution < -0.4 is 10.4 Å². The molecule has 110 valence electrons. The van der Waals surface area contributed by atoms with E-state index in [0.29, 0.717) is 0 Å². The molecule has 4 aromatic rings. The van der Waals surface area contributed by atoms with Crippen molar-refractivity contribution in [2.24, 2.45) is 0 Å². The molecule has 4 aromatic carbocycles. The molecule has 0 saturated carbocycles. The molecule has 0 amide bonds. The molecule has 0 heterocycles. The smallest absolute Gasteiger partial charge is 0.00143 e. The van der Waals surface area contributed by atoms with Crippen molar-refractivity contribution < 1.29 is 0 Å². The molecule has 0 unspecified atom stereocenters. The second kappa shape index (κ2) is 4.24. The Balaban J connectivity index is 1.97. The van der Waals surface area contributed by atoms with E-state index in [1.807, 2.05) is 0 Å². The van der Waals surface area contributed by atoms with Crippen LogP contribution in [0.3, 0.4) is 0 Å². The summed E-state index contributed by atoms with van der Waals surface area (Å²) < 4.78 is 0. The van der Waals surface area contributed by atoms with Gasteiger partial charge in [0, 0.05) is 0 Å². The Bertz CT molecular complexity index is 1390. The molecule has 24 heavy (non-hydrogen) atoms. The normalized spacial score (nSPS) is 12.8. The Hall–Kier alpha value is -3.12. The van der Waals surface area contributed by atoms with Crippen LogP contribution in [0, 0.1) is 10.4 Å². The first-order chi connectivity index (χ1) is 11.9. The van der Waals surface area contributed by atoms with Gasteiger partial charge in [0.25, 0.3) is 0 Å². The maximum absolute atomic E-state index is 2.31. The van der Waals surface area contributed by atoms with Crippen molar-refractivity contribution in [3.63, 3.8) is 0 Å². The van der Waals surface area contributed by atoms with Crippen LogP contribution in [0.1, 0.15) is 11.1 Å². The van der Waals surface area contributed by atoms with Gasteiger partial charge < -0.3 is 0 Å². The van der Waals surface area contributed by atoms with Crippen molar-refractivity contribution in [3.05, 3.63) is 105 Å². The van der Waals surface area contributed by atoms with E-state index in [0.717, 1.165) is 0 Å². The van der Waals surface area contributed by atoms with Crippen LogP contribution in [0.15, 0.2) is 72.8 Å². The van der Waals surface area contributed by atoms with Gasteiger partial charge in [-0.25, -0.2) is 0 Å². The van der Waals surface area contributed by atoms with Crippen molar-refractivity contribution in [1.29, 1.82) is 0 Å². The van der Waals surface area contributed by atoms with Gasteiger partial charge in [0.1, 0.15) is 0 Å². The topological polar surface area (TPSA) is 0 Å². The summed E-state index contributed by atoms with van der Waals surface area (Å²) in [6.07, 6.45) is 4.63. The molecule has 0 atom stereocenters. The largest absolute Gasteiger partial charge is 0.0616 e. The van der Waals surface area contributed by atoms with Crippen LogP contribution in [0.2, 0.25) is 0 Å². The van der Waals surface area contributed by atoms with Gasteiger partial charge in [0.05, 0.1) is 0 Å². The summed E-state index contributed by atoms with van der Waals surface area (Å²) in [5, 5.41) is 8.13. The van der Waals surface area contributed by atoms with Crippen LogP contribution in [0.4, 0.5) is 0 Å². The molecule has 0 saturated heterocycles. The molecule has 0 N–H and O–H groups in total. The van der Waals surface area contributed by atoms with Gasteiger partial charge in [-0.2, -0.15) is 0 Å². The Morgan fingerprint density at radius 2 is 1.33 bits per heavy atom. The highest BCUT2D eigenvalue weighted by atomic mass is 14.2. The van der Waals surface area contributed by atoms with Crippen molar-refractivity contribution in [1.82, 2.24) is 0 Å². The van der Waals surface area contributed by atoms with Crippen molar-refractivity contribution in [2.75, 3.05) is 0 Å². The molecule has 0 radical (unpaired) electrons. The predicted octanol–water partition coefficient (Wildman–Crippen LogP) is 4.08. The fourth-order valence-corrected chi connectivity index (χ4v) is 4.31. The van der Waals surface area contributed by atoms with Gasteiger partial charge in [-0.1, -0.05) is 72.8 Å². The first kappa shape index (κ1) is 12.3. The monoisotopic (exact) mass is 302 g/mol. The van der Waals surface area contributed by atoms with E-state index >= 15 is 0 Å². The quantitative estimate of drug-likeness (QED) is 0.397. The van der Waals surface area contributed by atoms with Crippen molar-refractivity contribution in [3.8, 4) is 11.1 Å². The lowest BCUT2D eigenvalue weighted by molar-refractivity contribution is 1.50. The molecule has 2 aliphatic carbocycles. The summed E-state index contributed by atoms with van der Waals surface area (Å²) >= 11 is 0. The highest BCUT2D eigenvalue weighted by molar-refractivity contribution is 6.03. The van der Waals surface area contributed by atoms with Gasteiger partial charge in [0.15, 0.2) is 0 Å². The van der Waals surface area contributed by atoms with Gasteiger partial charge in [-0.05, 0) is 66.1 Å². The van der Waals surface area contributed by atoms with Gasteiger partial charge in [0.2, 0.25) is 0 Å². The summed E-state index contributed by atoms with van der Waals surface area (Å²) in [6, 6.07) is 26.5. The van der Waals surface area contributed by atoms with Crippen LogP contribution in [0.5, 0.6) is 0 Å². The van der Waals surface area contributed by atoms with E-state index in [-0.39, 0.29) is 0 Å². The zero-order valence-corrected chi connectivity index (χ0v) is 13.1. The molecule has 0 aromatic heterocycles. The highest BCUT2D eigenvalue weighted by Crippen LogP contribution is 2.34. The molecule has 0 bridgehead atoms. The van der Waals surface area contributed by atoms with E-state index in [1.54, 1.807) is 0 Å². The second-order valence-electron chi connectivity index (χ2n) is 6.62. The lowest BCUT2D eigenvalue weighted by Crippen LogP contribution is -2.01. The lowest BCUT2D eigenvalue weighted by atomic mass is 9.95. The third-order valence-corrected chi connectivity index (χ3v) is 5.33. The van der Waals surface area contributed by atoms with Crippen molar-refractivity contribution in [2.45, 2.75) is 0 Å². The number of hydrogen-bond acceptors (Lipinski definition) is 0. The zero-order valence-electron chi connectivity index (χ0n) is 13.1. The maximum atomic E-state index is 2.31. The van der Waals surface area contributed by atoms with E-state index in [1.165, 1.54) is 53.9 Å². The average molecular weight is 302 g/mol. The van der Waals surface area contributed by atoms with Crippen LogP contribution in [-0.2, 0) is 0 Å². The third-order valence-electron chi connectivity index (χ3n) is 5.33. The van der Waals surface area contributed by atoms with Crippen LogP contribution >= 0.6 is 0 Å². The highest BCUT2D eigenvalue weighted by Gasteiger charge is 2.17. The molecule has 0 nitrogen and oxygen atoms in total. The fraction of sp³-hybridized carbons (Fsp3) is 0. The Morgan fingerprint density at radius 1 is 0.542 bits per heavy atom. The predicted molar refractivity (Wildman–Crippen MR) is 99.9 cm³/mol. The minimum absolute atomic E-state index is 1.32. The lowest BCUT2D eigenvalue weighted by Gasteiger charge is -2.08. The number of fused-ring (bicyclic) bond motifs is 8. The van der Waals surface area contributed by atoms with Gasteiger partial charge in [-0.3, -0.25) is 0 Å². The number of benzene rings is 4. The van der Waals surface area contributed by atoms with E-state index in [4.69, 9.17) is 0 Å². The molecule has 6 rings (SSSR count). The fourth-order valence-electron chi connectivity index (χ4n) is 4.31. The van der Waals surface area contributed by atoms with Gasteiger partial charge >= 0.3 is 0 Å². The summed E-state index contributed by atoms with van der Waals surface area (Å²) in [6.45, 7) is 0. The van der Waals surface area contributed by atoms with E-state index < -0.39 is 0 Å². The summed E-state index contributed by atoms with van der Waals surface area (Å²) in [5.74, 6) is 0. The number of rotatable bonds is 0. The van der Waals surface area contributed by atoms with Gasteiger partial charge in [-0.15, -0.1) is 0 Å². The van der Waals surface area contributed by atoms with Crippen LogP contribution in [0.25, 0.3) is 34.1 Å². The Labute approximate surface area is 139 Å². The maximum Gasteiger partial charge on any atom is -0.00143 e. The molecule has 0 aliphatic heterocycles. The van der Waals surface area contributed by atoms with Crippen LogP contribution in [-0.4, -0.2) is 0 Å².